The van der Waals surface area contributed by atoms with Gasteiger partial charge in [0.15, 0.2) is 9.84 Å². The summed E-state index contributed by atoms with van der Waals surface area (Å²) in [5.41, 5.74) is 0. The number of sulfone groups is 1. The summed E-state index contributed by atoms with van der Waals surface area (Å²) in [7, 11) is -7.57. The number of hydrogen-bond acceptors (Lipinski definition) is 6. The topological polar surface area (TPSA) is 93.6 Å². The van der Waals surface area contributed by atoms with E-state index in [4.69, 9.17) is 4.74 Å². The molecule has 0 radical (unpaired) electrons. The first-order valence-electron chi connectivity index (χ1n) is 7.64. The molecule has 1 aromatic heterocycles. The molecule has 2 aromatic rings. The van der Waals surface area contributed by atoms with Crippen molar-refractivity contribution in [2.24, 2.45) is 0 Å². The van der Waals surface area contributed by atoms with E-state index in [1.165, 1.54) is 28.6 Å². The Kier molecular flexibility index (Phi) is 4.81. The van der Waals surface area contributed by atoms with E-state index in [0.29, 0.717) is 12.2 Å². The van der Waals surface area contributed by atoms with Gasteiger partial charge in [-0.2, -0.15) is 4.31 Å². The summed E-state index contributed by atoms with van der Waals surface area (Å²) in [4.78, 5) is 3.57. The van der Waals surface area contributed by atoms with Crippen molar-refractivity contribution >= 4 is 19.9 Å². The number of sulfonamides is 1. The molecule has 9 heteroatoms. The van der Waals surface area contributed by atoms with Gasteiger partial charge in [-0.05, 0) is 30.7 Å². The third-order valence-corrected chi connectivity index (χ3v) is 7.12. The van der Waals surface area contributed by atoms with Gasteiger partial charge in [-0.15, -0.1) is 0 Å². The highest BCUT2D eigenvalue weighted by Crippen LogP contribution is 2.28. The summed E-state index contributed by atoms with van der Waals surface area (Å²) < 4.78 is 56.6. The molecule has 0 bridgehead atoms. The van der Waals surface area contributed by atoms with Gasteiger partial charge in [-0.1, -0.05) is 12.1 Å². The van der Waals surface area contributed by atoms with Gasteiger partial charge in [0.25, 0.3) is 0 Å². The molecule has 0 spiro atoms. The zero-order valence-corrected chi connectivity index (χ0v) is 15.2. The van der Waals surface area contributed by atoms with Crippen molar-refractivity contribution in [2.75, 3.05) is 19.3 Å². The first kappa shape index (κ1) is 17.8. The van der Waals surface area contributed by atoms with E-state index >= 15 is 0 Å². The molecule has 1 aliphatic rings. The van der Waals surface area contributed by atoms with Crippen LogP contribution in [0.25, 0.3) is 0 Å². The monoisotopic (exact) mass is 382 g/mol. The lowest BCUT2D eigenvalue weighted by Crippen LogP contribution is -2.32. The second-order valence-corrected chi connectivity index (χ2v) is 9.69. The molecule has 7 nitrogen and oxygen atoms in total. The van der Waals surface area contributed by atoms with Crippen LogP contribution in [0.2, 0.25) is 0 Å². The van der Waals surface area contributed by atoms with Crippen LogP contribution in [0.15, 0.2) is 58.6 Å². The van der Waals surface area contributed by atoms with Gasteiger partial charge in [-0.3, -0.25) is 4.98 Å². The first-order valence-corrected chi connectivity index (χ1v) is 11.0. The molecule has 1 fully saturated rings. The van der Waals surface area contributed by atoms with Crippen LogP contribution in [0.1, 0.15) is 6.42 Å². The predicted octanol–water partition coefficient (Wildman–Crippen LogP) is 1.33. The highest BCUT2D eigenvalue weighted by Gasteiger charge is 2.36. The molecule has 0 amide bonds. The largest absolute Gasteiger partial charge is 0.487 e. The minimum atomic E-state index is -3.92. The molecule has 134 valence electrons. The molecule has 0 saturated carbocycles. The van der Waals surface area contributed by atoms with E-state index in [1.54, 1.807) is 24.5 Å². The summed E-state index contributed by atoms with van der Waals surface area (Å²) >= 11 is 0. The minimum absolute atomic E-state index is 0.162. The van der Waals surface area contributed by atoms with Crippen molar-refractivity contribution < 1.29 is 21.6 Å². The number of rotatable bonds is 5. The molecule has 1 aromatic carbocycles. The molecule has 1 saturated heterocycles. The Hall–Kier alpha value is -1.97. The van der Waals surface area contributed by atoms with Crippen molar-refractivity contribution in [3.8, 4) is 5.75 Å². The van der Waals surface area contributed by atoms with Crippen LogP contribution in [0.4, 0.5) is 0 Å². The first-order chi connectivity index (χ1) is 11.8. The lowest BCUT2D eigenvalue weighted by molar-refractivity contribution is 0.214. The molecule has 1 atom stereocenters. The van der Waals surface area contributed by atoms with Crippen LogP contribution < -0.4 is 4.74 Å². The number of pyridine rings is 1. The Morgan fingerprint density at radius 1 is 1.08 bits per heavy atom. The fraction of sp³-hybridized carbons (Fsp3) is 0.312. The summed E-state index contributed by atoms with van der Waals surface area (Å²) in [6.07, 6.45) is 4.41. The number of nitrogens with zero attached hydrogens (tertiary/aromatic N) is 2. The fourth-order valence-corrected chi connectivity index (χ4v) is 5.82. The van der Waals surface area contributed by atoms with Gasteiger partial charge < -0.3 is 4.74 Å². The van der Waals surface area contributed by atoms with Crippen molar-refractivity contribution in [2.45, 2.75) is 22.3 Å². The van der Waals surface area contributed by atoms with Crippen LogP contribution in [0, 0.1) is 0 Å². The summed E-state index contributed by atoms with van der Waals surface area (Å²) in [6, 6.07) is 9.14. The van der Waals surface area contributed by atoms with Crippen LogP contribution in [0.5, 0.6) is 5.75 Å². The average Bonchev–Trinajstić information content (AvgIpc) is 3.04. The maximum Gasteiger partial charge on any atom is 0.244 e. The van der Waals surface area contributed by atoms with E-state index in [9.17, 15) is 16.8 Å². The normalized spacial score (nSPS) is 19.0. The second kappa shape index (κ2) is 6.74. The Balaban J connectivity index is 1.83. The number of benzene rings is 1. The maximum absolute atomic E-state index is 12.9. The van der Waals surface area contributed by atoms with Gasteiger partial charge >= 0.3 is 0 Å². The van der Waals surface area contributed by atoms with Gasteiger partial charge in [0.2, 0.25) is 10.0 Å². The van der Waals surface area contributed by atoms with Crippen molar-refractivity contribution in [1.29, 1.82) is 0 Å². The van der Waals surface area contributed by atoms with Crippen molar-refractivity contribution in [1.82, 2.24) is 9.29 Å². The molecule has 3 rings (SSSR count). The van der Waals surface area contributed by atoms with Crippen LogP contribution in [-0.2, 0) is 19.9 Å². The summed E-state index contributed by atoms with van der Waals surface area (Å²) in [5.74, 6) is 0.572. The van der Waals surface area contributed by atoms with Gasteiger partial charge in [0.05, 0.1) is 17.6 Å². The highest BCUT2D eigenvalue weighted by molar-refractivity contribution is 7.93. The molecule has 1 aliphatic heterocycles. The Morgan fingerprint density at radius 3 is 2.44 bits per heavy atom. The molecule has 0 unspecified atom stereocenters. The number of hydrogen-bond donors (Lipinski definition) is 0. The maximum atomic E-state index is 12.9. The third kappa shape index (κ3) is 3.83. The Bertz CT molecular complexity index is 959. The molecular formula is C16H18N2O5S2. The minimum Gasteiger partial charge on any atom is -0.487 e. The third-order valence-electron chi connectivity index (χ3n) is 3.91. The summed E-state index contributed by atoms with van der Waals surface area (Å²) in [5, 5.41) is 0. The SMILES string of the molecule is CS(=O)(=O)c1ccccc1S(=O)(=O)N1CC[C@H](Oc2cccnc2)C1. The molecule has 0 aliphatic carbocycles. The number of ether oxygens (including phenoxy) is 1. The molecule has 0 N–H and O–H groups in total. The molecule has 2 heterocycles. The average molecular weight is 382 g/mol. The predicted molar refractivity (Wildman–Crippen MR) is 91.6 cm³/mol. The smallest absolute Gasteiger partial charge is 0.244 e. The van der Waals surface area contributed by atoms with Crippen LogP contribution in [0.3, 0.4) is 0 Å². The quantitative estimate of drug-likeness (QED) is 0.774. The van der Waals surface area contributed by atoms with E-state index in [2.05, 4.69) is 4.98 Å². The fourth-order valence-electron chi connectivity index (χ4n) is 2.73. The zero-order valence-electron chi connectivity index (χ0n) is 13.6. The Morgan fingerprint density at radius 2 is 1.80 bits per heavy atom. The molecular weight excluding hydrogens is 364 g/mol. The lowest BCUT2D eigenvalue weighted by Gasteiger charge is -2.18. The Labute approximate surface area is 147 Å². The summed E-state index contributed by atoms with van der Waals surface area (Å²) in [6.45, 7) is 0.431. The van der Waals surface area contributed by atoms with Crippen molar-refractivity contribution in [3.05, 3.63) is 48.8 Å². The van der Waals surface area contributed by atoms with E-state index in [0.717, 1.165) is 6.26 Å². The van der Waals surface area contributed by atoms with E-state index < -0.39 is 19.9 Å². The van der Waals surface area contributed by atoms with Gasteiger partial charge in [-0.25, -0.2) is 16.8 Å². The van der Waals surface area contributed by atoms with Gasteiger partial charge in [0.1, 0.15) is 16.7 Å². The van der Waals surface area contributed by atoms with Crippen LogP contribution in [-0.4, -0.2) is 51.6 Å². The lowest BCUT2D eigenvalue weighted by atomic mass is 10.3. The zero-order chi connectivity index (χ0) is 18.1. The second-order valence-electron chi connectivity index (χ2n) is 5.80. The van der Waals surface area contributed by atoms with Crippen molar-refractivity contribution in [3.63, 3.8) is 0 Å². The number of aromatic nitrogens is 1. The van der Waals surface area contributed by atoms with Crippen LogP contribution >= 0.6 is 0 Å². The standard InChI is InChI=1S/C16H18N2O5S2/c1-24(19,20)15-6-2-3-7-16(15)25(21,22)18-10-8-14(12-18)23-13-5-4-9-17-11-13/h2-7,9,11,14H,8,10,12H2,1H3/t14-/m0/s1. The van der Waals surface area contributed by atoms with E-state index in [1.807, 2.05) is 0 Å². The van der Waals surface area contributed by atoms with E-state index in [-0.39, 0.29) is 29.0 Å². The van der Waals surface area contributed by atoms with Gasteiger partial charge in [0, 0.05) is 19.0 Å². The molecule has 25 heavy (non-hydrogen) atoms. The highest BCUT2D eigenvalue weighted by atomic mass is 32.2.